The molecule has 3 fully saturated rings. The van der Waals surface area contributed by atoms with Crippen molar-refractivity contribution < 1.29 is 98.5 Å². The van der Waals surface area contributed by atoms with E-state index in [0.717, 1.165) is 18.2 Å². The number of rotatable bonds is 11. The summed E-state index contributed by atoms with van der Waals surface area (Å²) < 4.78 is 45.6. The Labute approximate surface area is 349 Å². The second-order valence-corrected chi connectivity index (χ2v) is 14.8. The van der Waals surface area contributed by atoms with Crippen LogP contribution in [0, 0.1) is 0 Å². The Kier molecular flexibility index (Phi) is 13.3. The maximum Gasteiger partial charge on any atom is 0.330 e. The lowest BCUT2D eigenvalue weighted by Crippen LogP contribution is -2.63. The van der Waals surface area contributed by atoms with Gasteiger partial charge in [-0.1, -0.05) is 12.1 Å². The zero-order chi connectivity index (χ0) is 44.6. The van der Waals surface area contributed by atoms with Gasteiger partial charge in [-0.3, -0.25) is 4.79 Å². The van der Waals surface area contributed by atoms with Crippen LogP contribution < -0.4 is 14.9 Å². The molecule has 0 amide bonds. The molecule has 0 spiro atoms. The molecule has 21 nitrogen and oxygen atoms in total. The minimum absolute atomic E-state index is 0.0145. The first-order chi connectivity index (χ1) is 29.5. The molecule has 0 unspecified atom stereocenters. The van der Waals surface area contributed by atoms with Gasteiger partial charge in [0, 0.05) is 23.8 Å². The maximum absolute atomic E-state index is 14.3. The number of carbonyl (C=O) groups is 1. The minimum Gasteiger partial charge on any atom is -0.508 e. The number of fused-ring (bicyclic) bond motifs is 1. The van der Waals surface area contributed by atoms with Gasteiger partial charge in [0.05, 0.1) is 12.7 Å². The highest BCUT2D eigenvalue weighted by atomic mass is 16.8. The van der Waals surface area contributed by atoms with E-state index in [4.69, 9.17) is 37.6 Å². The molecule has 0 aliphatic carbocycles. The van der Waals surface area contributed by atoms with E-state index < -0.39 is 128 Å². The lowest BCUT2D eigenvalue weighted by atomic mass is 9.98. The molecule has 4 heterocycles. The molecule has 11 N–H and O–H groups in total. The molecule has 3 aliphatic rings. The Morgan fingerprint density at radius 1 is 0.742 bits per heavy atom. The van der Waals surface area contributed by atoms with Crippen LogP contribution >= 0.6 is 0 Å². The summed E-state index contributed by atoms with van der Waals surface area (Å²) in [5.41, 5.74) is -0.670. The smallest absolute Gasteiger partial charge is 0.330 e. The molecule has 21 heteroatoms. The molecular weight excluding hydrogens is 828 g/mol. The van der Waals surface area contributed by atoms with Crippen molar-refractivity contribution in [1.29, 1.82) is 0 Å². The van der Waals surface area contributed by atoms with Gasteiger partial charge in [-0.05, 0) is 55.0 Å². The van der Waals surface area contributed by atoms with Gasteiger partial charge >= 0.3 is 5.97 Å². The largest absolute Gasteiger partial charge is 0.508 e. The van der Waals surface area contributed by atoms with Gasteiger partial charge in [-0.15, -0.1) is 0 Å². The number of benzene rings is 3. The molecule has 0 radical (unpaired) electrons. The SMILES string of the molecule is C[C@@H]1O[C@@H](Oc2cc(O)c3c(=O)c(O[C@@H]4OC[C@@H](O)[C@H](O)[C@H]4O[C@@H]4O[C@H](COC(=O)C=Cc5ccc(O)cc5)[C@@H](O)[C@H](O)[C@H]4O)c(-c4ccc(O)cc4)oc3c2)[C@H](O)[C@H](O)[C@H]1O. The van der Waals surface area contributed by atoms with Crippen LogP contribution in [0.3, 0.4) is 0 Å². The van der Waals surface area contributed by atoms with Crippen LogP contribution in [0.25, 0.3) is 28.4 Å². The number of phenols is 3. The van der Waals surface area contributed by atoms with Gasteiger partial charge in [-0.25, -0.2) is 4.79 Å². The van der Waals surface area contributed by atoms with Crippen molar-refractivity contribution in [3.8, 4) is 40.1 Å². The first-order valence-electron chi connectivity index (χ1n) is 19.1. The number of hydrogen-bond acceptors (Lipinski definition) is 21. The quantitative estimate of drug-likeness (QED) is 0.0616. The van der Waals surface area contributed by atoms with Crippen LogP contribution in [0.15, 0.2) is 76.0 Å². The fourth-order valence-corrected chi connectivity index (χ4v) is 6.89. The monoisotopic (exact) mass is 872 g/mol. The molecule has 0 bridgehead atoms. The standard InChI is InChI=1S/C41H44O21/c1-16-28(47)32(51)34(53)39(57-16)58-21-12-22(44)27-24(13-21)59-36(18-5-9-20(43)10-6-18)37(31(27)50)61-41-38(29(48)23(45)14-56-41)62-40-35(54)33(52)30(49)25(60-40)15-55-26(46)11-4-17-2-7-19(42)8-3-17/h2-13,16,23,25,28-30,32-35,38-45,47-49,51-54H,14-15H2,1H3/t16-,23+,25+,28-,29-,30+,32+,33-,34+,35+,38+,39-,40-,41-/m0/s1. The Balaban J connectivity index is 1.15. The summed E-state index contributed by atoms with van der Waals surface area (Å²) in [7, 11) is 0. The molecule has 62 heavy (non-hydrogen) atoms. The molecule has 0 saturated carbocycles. The van der Waals surface area contributed by atoms with Crippen LogP contribution in [0.1, 0.15) is 12.5 Å². The fraction of sp³-hybridized carbons (Fsp3) is 0.415. The molecule has 14 atom stereocenters. The summed E-state index contributed by atoms with van der Waals surface area (Å²) in [6.07, 6.45) is -21.3. The molecule has 1 aromatic heterocycles. The number of ether oxygens (including phenoxy) is 7. The van der Waals surface area contributed by atoms with Crippen LogP contribution in [0.2, 0.25) is 0 Å². The topological polar surface area (TPSA) is 334 Å². The van der Waals surface area contributed by atoms with E-state index in [-0.39, 0.29) is 34.2 Å². The van der Waals surface area contributed by atoms with Crippen molar-refractivity contribution in [2.75, 3.05) is 13.2 Å². The Hall–Kier alpha value is -5.40. The minimum atomic E-state index is -2.01. The van der Waals surface area contributed by atoms with Crippen molar-refractivity contribution in [3.63, 3.8) is 0 Å². The maximum atomic E-state index is 14.3. The first kappa shape index (κ1) is 44.6. The third-order valence-electron chi connectivity index (χ3n) is 10.4. The third kappa shape index (κ3) is 9.34. The van der Waals surface area contributed by atoms with Crippen LogP contribution in [-0.4, -0.2) is 161 Å². The van der Waals surface area contributed by atoms with Crippen molar-refractivity contribution in [2.45, 2.75) is 92.9 Å². The van der Waals surface area contributed by atoms with Gasteiger partial charge in [0.1, 0.15) is 95.5 Å². The zero-order valence-corrected chi connectivity index (χ0v) is 32.4. The third-order valence-corrected chi connectivity index (χ3v) is 10.4. The van der Waals surface area contributed by atoms with Crippen molar-refractivity contribution in [1.82, 2.24) is 0 Å². The highest BCUT2D eigenvalue weighted by Gasteiger charge is 2.50. The van der Waals surface area contributed by atoms with Crippen molar-refractivity contribution in [2.24, 2.45) is 0 Å². The van der Waals surface area contributed by atoms with Crippen LogP contribution in [0.4, 0.5) is 0 Å². The van der Waals surface area contributed by atoms with Gasteiger partial charge in [0.25, 0.3) is 0 Å². The second-order valence-electron chi connectivity index (χ2n) is 14.8. The van der Waals surface area contributed by atoms with E-state index >= 15 is 0 Å². The fourth-order valence-electron chi connectivity index (χ4n) is 6.89. The summed E-state index contributed by atoms with van der Waals surface area (Å²) in [5, 5.41) is 115. The lowest BCUT2D eigenvalue weighted by molar-refractivity contribution is -0.348. The first-order valence-corrected chi connectivity index (χ1v) is 19.1. The molecule has 4 aromatic rings. The second kappa shape index (κ2) is 18.5. The van der Waals surface area contributed by atoms with E-state index in [1.165, 1.54) is 61.5 Å². The van der Waals surface area contributed by atoms with E-state index in [1.807, 2.05) is 0 Å². The van der Waals surface area contributed by atoms with Crippen LogP contribution in [0.5, 0.6) is 28.7 Å². The van der Waals surface area contributed by atoms with E-state index in [1.54, 1.807) is 0 Å². The number of esters is 1. The number of phenolic OH excluding ortho intramolecular Hbond substituents is 3. The highest BCUT2D eigenvalue weighted by molar-refractivity contribution is 5.88. The molecule has 7 rings (SSSR count). The zero-order valence-electron chi connectivity index (χ0n) is 32.4. The van der Waals surface area contributed by atoms with Gasteiger partial charge in [-0.2, -0.15) is 0 Å². The number of hydrogen-bond donors (Lipinski definition) is 11. The molecule has 334 valence electrons. The summed E-state index contributed by atoms with van der Waals surface area (Å²) in [6, 6.07) is 13.2. The highest BCUT2D eigenvalue weighted by Crippen LogP contribution is 2.39. The molecular formula is C41H44O21. The van der Waals surface area contributed by atoms with Gasteiger partial charge in [0.15, 0.2) is 18.2 Å². The normalized spacial score (nSPS) is 32.7. The van der Waals surface area contributed by atoms with Gasteiger partial charge in [0.2, 0.25) is 23.8 Å². The Morgan fingerprint density at radius 3 is 2.08 bits per heavy atom. The predicted octanol–water partition coefficient (Wildman–Crippen LogP) is -1.31. The predicted molar refractivity (Wildman–Crippen MR) is 206 cm³/mol. The van der Waals surface area contributed by atoms with Crippen LogP contribution in [-0.2, 0) is 28.5 Å². The van der Waals surface area contributed by atoms with Crippen molar-refractivity contribution in [3.05, 3.63) is 82.5 Å². The number of aliphatic hydroxyl groups excluding tert-OH is 8. The average Bonchev–Trinajstić information content (AvgIpc) is 3.24. The summed E-state index contributed by atoms with van der Waals surface area (Å²) in [6.45, 7) is 0.176. The molecule has 3 aliphatic heterocycles. The van der Waals surface area contributed by atoms with Gasteiger partial charge < -0.3 is 93.7 Å². The van der Waals surface area contributed by atoms with E-state index in [0.29, 0.717) is 5.56 Å². The van der Waals surface area contributed by atoms with E-state index in [9.17, 15) is 65.8 Å². The average molecular weight is 873 g/mol. The lowest BCUT2D eigenvalue weighted by Gasteiger charge is -2.44. The number of carbonyl (C=O) groups excluding carboxylic acids is 1. The summed E-state index contributed by atoms with van der Waals surface area (Å²) in [4.78, 5) is 26.8. The molecule has 3 saturated heterocycles. The number of aromatic hydroxyl groups is 3. The van der Waals surface area contributed by atoms with E-state index in [2.05, 4.69) is 0 Å². The summed E-state index contributed by atoms with van der Waals surface area (Å²) >= 11 is 0. The molecule has 3 aromatic carbocycles. The Morgan fingerprint density at radius 2 is 1.39 bits per heavy atom. The number of aliphatic hydroxyl groups is 8. The summed E-state index contributed by atoms with van der Waals surface area (Å²) in [5.74, 6) is -2.97. The van der Waals surface area contributed by atoms with Crippen molar-refractivity contribution >= 4 is 23.0 Å². The Bertz CT molecular complexity index is 2280.